The number of aromatic nitrogens is 4. The van der Waals surface area contributed by atoms with Crippen LogP contribution in [0.15, 0.2) is 71.5 Å². The van der Waals surface area contributed by atoms with Gasteiger partial charge in [-0.1, -0.05) is 23.9 Å². The molecular weight excluding hydrogens is 412 g/mol. The Morgan fingerprint density at radius 2 is 2.00 bits per heavy atom. The molecule has 0 atom stereocenters. The number of nitrogens with zero attached hydrogens (tertiary/aromatic N) is 4. The maximum atomic E-state index is 12.3. The van der Waals surface area contributed by atoms with E-state index in [4.69, 9.17) is 5.14 Å². The zero-order chi connectivity index (χ0) is 20.9. The minimum absolute atomic E-state index is 0.0607. The Hall–Kier alpha value is -3.02. The molecule has 29 heavy (non-hydrogen) atoms. The summed E-state index contributed by atoms with van der Waals surface area (Å²) < 4.78 is 24.7. The van der Waals surface area contributed by atoms with Crippen LogP contribution in [0.1, 0.15) is 0 Å². The van der Waals surface area contributed by atoms with Gasteiger partial charge in [-0.3, -0.25) is 14.3 Å². The molecule has 0 saturated carbocycles. The minimum Gasteiger partial charge on any atom is -0.325 e. The molecule has 0 bridgehead atoms. The average Bonchev–Trinajstić information content (AvgIpc) is 3.09. The van der Waals surface area contributed by atoms with E-state index >= 15 is 0 Å². The standard InChI is InChI=1S/C18H18N6O3S2/c1-2-10-24-17(13-6-8-20-9-7-13)22-23-18(24)28-12-16(25)21-14-4-3-5-15(11-14)29(19,26)27/h2-9,11H,1,10,12H2,(H,21,25)(H2,19,26,27). The van der Waals surface area contributed by atoms with Crippen molar-refractivity contribution < 1.29 is 13.2 Å². The highest BCUT2D eigenvalue weighted by molar-refractivity contribution is 7.99. The topological polar surface area (TPSA) is 133 Å². The zero-order valence-corrected chi connectivity index (χ0v) is 16.9. The number of benzene rings is 1. The van der Waals surface area contributed by atoms with Gasteiger partial charge in [-0.2, -0.15) is 0 Å². The van der Waals surface area contributed by atoms with Crippen molar-refractivity contribution in [1.29, 1.82) is 0 Å². The fourth-order valence-corrected chi connectivity index (χ4v) is 3.79. The van der Waals surface area contributed by atoms with E-state index in [1.807, 2.05) is 16.7 Å². The zero-order valence-electron chi connectivity index (χ0n) is 15.2. The lowest BCUT2D eigenvalue weighted by atomic mass is 10.2. The first-order chi connectivity index (χ1) is 13.9. The van der Waals surface area contributed by atoms with Gasteiger partial charge in [0.2, 0.25) is 15.9 Å². The van der Waals surface area contributed by atoms with Crippen molar-refractivity contribution in [3.63, 3.8) is 0 Å². The van der Waals surface area contributed by atoms with Gasteiger partial charge in [-0.15, -0.1) is 16.8 Å². The third-order valence-corrected chi connectivity index (χ3v) is 5.62. The second kappa shape index (κ2) is 8.99. The summed E-state index contributed by atoms with van der Waals surface area (Å²) in [5.74, 6) is 0.391. The smallest absolute Gasteiger partial charge is 0.238 e. The molecule has 0 spiro atoms. The van der Waals surface area contributed by atoms with Gasteiger partial charge in [-0.25, -0.2) is 13.6 Å². The number of anilines is 1. The summed E-state index contributed by atoms with van der Waals surface area (Å²) in [7, 11) is -3.84. The monoisotopic (exact) mass is 430 g/mol. The first-order valence-corrected chi connectivity index (χ1v) is 10.9. The summed E-state index contributed by atoms with van der Waals surface area (Å²) in [6, 6.07) is 9.40. The van der Waals surface area contributed by atoms with E-state index in [1.165, 1.54) is 30.0 Å². The van der Waals surface area contributed by atoms with Crippen LogP contribution in [0, 0.1) is 0 Å². The van der Waals surface area contributed by atoms with Gasteiger partial charge < -0.3 is 5.32 Å². The lowest BCUT2D eigenvalue weighted by molar-refractivity contribution is -0.113. The number of carbonyl (C=O) groups is 1. The highest BCUT2D eigenvalue weighted by Gasteiger charge is 2.15. The van der Waals surface area contributed by atoms with Crippen molar-refractivity contribution in [3.8, 4) is 11.4 Å². The fraction of sp³-hybridized carbons (Fsp3) is 0.111. The van der Waals surface area contributed by atoms with Gasteiger partial charge >= 0.3 is 0 Å². The molecule has 1 amide bonds. The third kappa shape index (κ3) is 5.28. The van der Waals surface area contributed by atoms with Gasteiger partial charge in [-0.05, 0) is 30.3 Å². The van der Waals surface area contributed by atoms with Crippen molar-refractivity contribution in [2.45, 2.75) is 16.6 Å². The lowest BCUT2D eigenvalue weighted by Gasteiger charge is -2.08. The summed E-state index contributed by atoms with van der Waals surface area (Å²) in [5, 5.41) is 16.7. The number of hydrogen-bond donors (Lipinski definition) is 2. The quantitative estimate of drug-likeness (QED) is 0.412. The fourth-order valence-electron chi connectivity index (χ4n) is 2.48. The molecule has 2 heterocycles. The van der Waals surface area contributed by atoms with Crippen LogP contribution in [0.4, 0.5) is 5.69 Å². The molecule has 1 aromatic carbocycles. The third-order valence-electron chi connectivity index (χ3n) is 3.75. The first kappa shape index (κ1) is 20.7. The Labute approximate surface area is 172 Å². The van der Waals surface area contributed by atoms with Crippen molar-refractivity contribution in [3.05, 3.63) is 61.4 Å². The molecule has 0 unspecified atom stereocenters. The van der Waals surface area contributed by atoms with E-state index in [0.29, 0.717) is 23.2 Å². The Morgan fingerprint density at radius 3 is 2.69 bits per heavy atom. The normalized spacial score (nSPS) is 11.2. The predicted octanol–water partition coefficient (Wildman–Crippen LogP) is 1.90. The van der Waals surface area contributed by atoms with Gasteiger partial charge in [0, 0.05) is 30.2 Å². The maximum Gasteiger partial charge on any atom is 0.238 e. The van der Waals surface area contributed by atoms with Crippen LogP contribution < -0.4 is 10.5 Å². The number of sulfonamides is 1. The number of amides is 1. The summed E-state index contributed by atoms with van der Waals surface area (Å²) in [5.41, 5.74) is 1.19. The summed E-state index contributed by atoms with van der Waals surface area (Å²) >= 11 is 1.21. The van der Waals surface area contributed by atoms with Crippen molar-refractivity contribution in [2.24, 2.45) is 5.14 Å². The summed E-state index contributed by atoms with van der Waals surface area (Å²) in [6.45, 7) is 4.23. The van der Waals surface area contributed by atoms with E-state index in [2.05, 4.69) is 27.1 Å². The number of pyridine rings is 1. The van der Waals surface area contributed by atoms with Crippen molar-refractivity contribution in [2.75, 3.05) is 11.1 Å². The van der Waals surface area contributed by atoms with Gasteiger partial charge in [0.25, 0.3) is 0 Å². The van der Waals surface area contributed by atoms with E-state index in [9.17, 15) is 13.2 Å². The van der Waals surface area contributed by atoms with E-state index in [0.717, 1.165) is 5.56 Å². The van der Waals surface area contributed by atoms with Crippen LogP contribution in [0.25, 0.3) is 11.4 Å². The maximum absolute atomic E-state index is 12.3. The molecule has 0 aliphatic heterocycles. The number of rotatable bonds is 8. The molecule has 0 fully saturated rings. The molecule has 0 aliphatic carbocycles. The van der Waals surface area contributed by atoms with Crippen molar-refractivity contribution in [1.82, 2.24) is 19.7 Å². The Morgan fingerprint density at radius 1 is 1.24 bits per heavy atom. The van der Waals surface area contributed by atoms with Crippen molar-refractivity contribution >= 4 is 33.4 Å². The average molecular weight is 431 g/mol. The Balaban J connectivity index is 1.71. The van der Waals surface area contributed by atoms with E-state index in [-0.39, 0.29) is 16.6 Å². The first-order valence-electron chi connectivity index (χ1n) is 8.38. The SMILES string of the molecule is C=CCn1c(SCC(=O)Nc2cccc(S(N)(=O)=O)c2)nnc1-c1ccncc1. The van der Waals surface area contributed by atoms with Gasteiger partial charge in [0.1, 0.15) is 0 Å². The molecule has 150 valence electrons. The number of thioether (sulfide) groups is 1. The molecule has 11 heteroatoms. The van der Waals surface area contributed by atoms with E-state index in [1.54, 1.807) is 24.5 Å². The molecule has 3 rings (SSSR count). The Kier molecular flexibility index (Phi) is 6.42. The number of carbonyl (C=O) groups excluding carboxylic acids is 1. The Bertz CT molecular complexity index is 1130. The number of nitrogens with one attached hydrogen (secondary N) is 1. The number of allylic oxidation sites excluding steroid dienone is 1. The molecule has 3 aromatic rings. The van der Waals surface area contributed by atoms with Crippen LogP contribution >= 0.6 is 11.8 Å². The van der Waals surface area contributed by atoms with Crippen LogP contribution in [0.2, 0.25) is 0 Å². The highest BCUT2D eigenvalue weighted by Crippen LogP contribution is 2.24. The highest BCUT2D eigenvalue weighted by atomic mass is 32.2. The van der Waals surface area contributed by atoms with Crippen LogP contribution in [-0.2, 0) is 21.4 Å². The predicted molar refractivity (Wildman–Crippen MR) is 111 cm³/mol. The largest absolute Gasteiger partial charge is 0.325 e. The second-order valence-corrected chi connectivity index (χ2v) is 8.35. The molecule has 0 radical (unpaired) electrons. The van der Waals surface area contributed by atoms with E-state index < -0.39 is 10.0 Å². The number of hydrogen-bond acceptors (Lipinski definition) is 7. The van der Waals surface area contributed by atoms with Crippen LogP contribution in [-0.4, -0.2) is 39.8 Å². The van der Waals surface area contributed by atoms with Crippen LogP contribution in [0.5, 0.6) is 0 Å². The molecular formula is C18H18N6O3S2. The molecule has 0 saturated heterocycles. The number of nitrogens with two attached hydrogens (primary N) is 1. The minimum atomic E-state index is -3.84. The molecule has 9 nitrogen and oxygen atoms in total. The van der Waals surface area contributed by atoms with Gasteiger partial charge in [0.15, 0.2) is 11.0 Å². The molecule has 3 N–H and O–H groups in total. The summed E-state index contributed by atoms with van der Waals surface area (Å²) in [4.78, 5) is 16.2. The molecule has 0 aliphatic rings. The van der Waals surface area contributed by atoms with Crippen LogP contribution in [0.3, 0.4) is 0 Å². The second-order valence-electron chi connectivity index (χ2n) is 5.85. The van der Waals surface area contributed by atoms with Gasteiger partial charge in [0.05, 0.1) is 10.6 Å². The lowest BCUT2D eigenvalue weighted by Crippen LogP contribution is -2.16. The summed E-state index contributed by atoms with van der Waals surface area (Å²) in [6.07, 6.45) is 5.05. The number of primary sulfonamides is 1. The molecule has 2 aromatic heterocycles.